The average Bonchev–Trinajstić information content (AvgIpc) is 2.71. The zero-order chi connectivity index (χ0) is 10.7. The van der Waals surface area contributed by atoms with Crippen LogP contribution in [0.4, 0.5) is 0 Å². The predicted molar refractivity (Wildman–Crippen MR) is 59.8 cm³/mol. The van der Waals surface area contributed by atoms with E-state index in [0.717, 1.165) is 32.3 Å². The lowest BCUT2D eigenvalue weighted by Crippen LogP contribution is -2.41. The molecule has 15 heavy (non-hydrogen) atoms. The minimum atomic E-state index is -0.444. The third-order valence-electron chi connectivity index (χ3n) is 4.01. The molecule has 2 rings (SSSR count). The van der Waals surface area contributed by atoms with E-state index in [1.165, 1.54) is 25.7 Å². The molecule has 1 saturated carbocycles. The van der Waals surface area contributed by atoms with E-state index in [1.54, 1.807) is 0 Å². The Kier molecular flexibility index (Phi) is 3.45. The Morgan fingerprint density at radius 1 is 1.27 bits per heavy atom. The van der Waals surface area contributed by atoms with E-state index in [1.807, 2.05) is 6.92 Å². The highest BCUT2D eigenvalue weighted by Gasteiger charge is 2.36. The summed E-state index contributed by atoms with van der Waals surface area (Å²) in [6.45, 7) is 2.76. The molecule has 86 valence electrons. The molecule has 1 heterocycles. The first kappa shape index (κ1) is 11.1. The van der Waals surface area contributed by atoms with Crippen LogP contribution in [0.2, 0.25) is 0 Å². The molecular weight excluding hydrogens is 188 g/mol. The van der Waals surface area contributed by atoms with Gasteiger partial charge < -0.3 is 4.74 Å². The molecule has 2 aliphatic rings. The van der Waals surface area contributed by atoms with Crippen molar-refractivity contribution in [3.63, 3.8) is 0 Å². The Bertz CT molecular complexity index is 223. The van der Waals surface area contributed by atoms with Gasteiger partial charge in [-0.3, -0.25) is 4.79 Å². The van der Waals surface area contributed by atoms with Crippen molar-refractivity contribution in [1.29, 1.82) is 0 Å². The van der Waals surface area contributed by atoms with Gasteiger partial charge in [-0.15, -0.1) is 0 Å². The zero-order valence-electron chi connectivity index (χ0n) is 9.76. The third-order valence-corrected chi connectivity index (χ3v) is 4.01. The van der Waals surface area contributed by atoms with Crippen LogP contribution >= 0.6 is 0 Å². The minimum Gasteiger partial charge on any atom is -0.368 e. The SMILES string of the molecule is CC1(C(=O)CC2CCCC2)CCCCO1. The maximum absolute atomic E-state index is 12.2. The summed E-state index contributed by atoms with van der Waals surface area (Å²) in [5.74, 6) is 1.01. The molecular formula is C13H22O2. The van der Waals surface area contributed by atoms with Gasteiger partial charge in [0.05, 0.1) is 0 Å². The summed E-state index contributed by atoms with van der Waals surface area (Å²) >= 11 is 0. The first-order valence-electron chi connectivity index (χ1n) is 6.38. The zero-order valence-corrected chi connectivity index (χ0v) is 9.76. The van der Waals surface area contributed by atoms with Crippen LogP contribution in [0.1, 0.15) is 58.3 Å². The fourth-order valence-electron chi connectivity index (χ4n) is 2.85. The first-order chi connectivity index (χ1) is 7.21. The highest BCUT2D eigenvalue weighted by atomic mass is 16.5. The molecule has 0 radical (unpaired) electrons. The van der Waals surface area contributed by atoms with Gasteiger partial charge in [0.2, 0.25) is 0 Å². The van der Waals surface area contributed by atoms with Crippen molar-refractivity contribution in [3.05, 3.63) is 0 Å². The molecule has 2 nitrogen and oxygen atoms in total. The van der Waals surface area contributed by atoms with Crippen molar-refractivity contribution in [2.24, 2.45) is 5.92 Å². The number of carbonyl (C=O) groups is 1. The Labute approximate surface area is 92.4 Å². The molecule has 0 aromatic carbocycles. The third kappa shape index (κ3) is 2.60. The highest BCUT2D eigenvalue weighted by Crippen LogP contribution is 2.32. The molecule has 2 fully saturated rings. The van der Waals surface area contributed by atoms with E-state index in [4.69, 9.17) is 4.74 Å². The first-order valence-corrected chi connectivity index (χ1v) is 6.38. The number of rotatable bonds is 3. The molecule has 1 saturated heterocycles. The molecule has 1 unspecified atom stereocenters. The molecule has 2 heteroatoms. The Morgan fingerprint density at radius 3 is 2.60 bits per heavy atom. The number of ketones is 1. The van der Waals surface area contributed by atoms with E-state index in [9.17, 15) is 4.79 Å². The summed E-state index contributed by atoms with van der Waals surface area (Å²) in [4.78, 5) is 12.2. The molecule has 1 atom stereocenters. The number of ether oxygens (including phenoxy) is 1. The standard InChI is InChI=1S/C13H22O2/c1-13(8-4-5-9-15-13)12(14)10-11-6-2-3-7-11/h11H,2-10H2,1H3. The summed E-state index contributed by atoms with van der Waals surface area (Å²) in [6.07, 6.45) is 9.09. The van der Waals surface area contributed by atoms with Crippen LogP contribution in [0.5, 0.6) is 0 Å². The normalized spacial score (nSPS) is 33.1. The summed E-state index contributed by atoms with van der Waals surface area (Å²) in [7, 11) is 0. The molecule has 1 aliphatic heterocycles. The summed E-state index contributed by atoms with van der Waals surface area (Å²) in [6, 6.07) is 0. The smallest absolute Gasteiger partial charge is 0.164 e. The van der Waals surface area contributed by atoms with E-state index < -0.39 is 5.60 Å². The van der Waals surface area contributed by atoms with Crippen LogP contribution in [-0.2, 0) is 9.53 Å². The maximum atomic E-state index is 12.2. The fraction of sp³-hybridized carbons (Fsp3) is 0.923. The van der Waals surface area contributed by atoms with E-state index >= 15 is 0 Å². The van der Waals surface area contributed by atoms with Gasteiger partial charge in [0.25, 0.3) is 0 Å². The van der Waals surface area contributed by atoms with E-state index in [0.29, 0.717) is 11.7 Å². The molecule has 0 N–H and O–H groups in total. The van der Waals surface area contributed by atoms with E-state index in [2.05, 4.69) is 0 Å². The van der Waals surface area contributed by atoms with Crippen molar-refractivity contribution in [2.45, 2.75) is 63.9 Å². The molecule has 0 amide bonds. The van der Waals surface area contributed by atoms with Crippen LogP contribution in [-0.4, -0.2) is 18.0 Å². The van der Waals surface area contributed by atoms with Gasteiger partial charge in [0.1, 0.15) is 5.60 Å². The fourth-order valence-corrected chi connectivity index (χ4v) is 2.85. The predicted octanol–water partition coefficient (Wildman–Crippen LogP) is 3.10. The van der Waals surface area contributed by atoms with Crippen LogP contribution in [0, 0.1) is 5.92 Å². The van der Waals surface area contributed by atoms with Gasteiger partial charge in [0, 0.05) is 13.0 Å². The van der Waals surface area contributed by atoms with Crippen molar-refractivity contribution >= 4 is 5.78 Å². The molecule has 0 aromatic rings. The van der Waals surface area contributed by atoms with Crippen LogP contribution in [0.15, 0.2) is 0 Å². The second-order valence-corrected chi connectivity index (χ2v) is 5.31. The average molecular weight is 210 g/mol. The lowest BCUT2D eigenvalue weighted by Gasteiger charge is -2.33. The topological polar surface area (TPSA) is 26.3 Å². The lowest BCUT2D eigenvalue weighted by atomic mass is 9.86. The van der Waals surface area contributed by atoms with Crippen LogP contribution in [0.25, 0.3) is 0 Å². The van der Waals surface area contributed by atoms with E-state index in [-0.39, 0.29) is 0 Å². The second-order valence-electron chi connectivity index (χ2n) is 5.31. The van der Waals surface area contributed by atoms with Gasteiger partial charge in [-0.2, -0.15) is 0 Å². The monoisotopic (exact) mass is 210 g/mol. The number of Topliss-reactive ketones (excluding diaryl/α,β-unsaturated/α-hetero) is 1. The van der Waals surface area contributed by atoms with Gasteiger partial charge in [-0.25, -0.2) is 0 Å². The molecule has 0 spiro atoms. The van der Waals surface area contributed by atoms with Crippen molar-refractivity contribution in [2.75, 3.05) is 6.61 Å². The Hall–Kier alpha value is -0.370. The molecule has 0 aromatic heterocycles. The lowest BCUT2D eigenvalue weighted by molar-refractivity contribution is -0.149. The summed E-state index contributed by atoms with van der Waals surface area (Å²) < 4.78 is 5.69. The Balaban J connectivity index is 1.87. The van der Waals surface area contributed by atoms with Gasteiger partial charge >= 0.3 is 0 Å². The van der Waals surface area contributed by atoms with Crippen molar-refractivity contribution in [3.8, 4) is 0 Å². The number of hydrogen-bond acceptors (Lipinski definition) is 2. The van der Waals surface area contributed by atoms with Crippen molar-refractivity contribution in [1.82, 2.24) is 0 Å². The largest absolute Gasteiger partial charge is 0.368 e. The van der Waals surface area contributed by atoms with Crippen LogP contribution < -0.4 is 0 Å². The maximum Gasteiger partial charge on any atom is 0.164 e. The molecule has 0 bridgehead atoms. The quantitative estimate of drug-likeness (QED) is 0.715. The van der Waals surface area contributed by atoms with Crippen molar-refractivity contribution < 1.29 is 9.53 Å². The molecule has 1 aliphatic carbocycles. The second kappa shape index (κ2) is 4.65. The highest BCUT2D eigenvalue weighted by molar-refractivity contribution is 5.87. The minimum absolute atomic E-state index is 0.356. The van der Waals surface area contributed by atoms with Gasteiger partial charge in [-0.1, -0.05) is 25.7 Å². The Morgan fingerprint density at radius 2 is 2.00 bits per heavy atom. The number of hydrogen-bond donors (Lipinski definition) is 0. The van der Waals surface area contributed by atoms with Crippen LogP contribution in [0.3, 0.4) is 0 Å². The number of carbonyl (C=O) groups excluding carboxylic acids is 1. The summed E-state index contributed by atoms with van der Waals surface area (Å²) in [5, 5.41) is 0. The van der Waals surface area contributed by atoms with Gasteiger partial charge in [-0.05, 0) is 32.1 Å². The summed E-state index contributed by atoms with van der Waals surface area (Å²) in [5.41, 5.74) is -0.444. The van der Waals surface area contributed by atoms with Gasteiger partial charge in [0.15, 0.2) is 5.78 Å².